The molecule has 6 aromatic rings. The zero-order valence-corrected chi connectivity index (χ0v) is 54.7. The summed E-state index contributed by atoms with van der Waals surface area (Å²) in [6, 6.07) is 31.1. The van der Waals surface area contributed by atoms with Crippen LogP contribution in [-0.2, 0) is 102 Å². The highest BCUT2D eigenvalue weighted by Gasteiger charge is 2.43. The molecule has 0 aromatic heterocycles. The maximum absolute atomic E-state index is 13.1. The second-order valence-electron chi connectivity index (χ2n) is 25.1. The number of ether oxygens (including phenoxy) is 3. The number of benzene rings is 6. The quantitative estimate of drug-likeness (QED) is 0.0565. The molecule has 99 heavy (non-hydrogen) atoms. The number of hydrogen-bond donors (Lipinski definition) is 6. The van der Waals surface area contributed by atoms with Crippen molar-refractivity contribution in [3.8, 4) is 0 Å². The number of nitrogens with one attached hydrogen (secondary N) is 6. The monoisotopic (exact) mass is 1350 g/mol. The summed E-state index contributed by atoms with van der Waals surface area (Å²) < 4.78 is 94.1. The molecule has 516 valence electrons. The molecule has 6 N–H and O–H groups in total. The number of hydrogen-bond acceptors (Lipinski definition) is 18. The zero-order chi connectivity index (χ0) is 76.5. The van der Waals surface area contributed by atoms with Gasteiger partial charge in [-0.25, -0.2) is 0 Å². The van der Waals surface area contributed by atoms with Gasteiger partial charge in [0, 0.05) is 168 Å². The van der Waals surface area contributed by atoms with Crippen LogP contribution in [0.5, 0.6) is 0 Å². The van der Waals surface area contributed by atoms with E-state index in [1.54, 1.807) is 91.0 Å². The molecule has 6 fully saturated rings. The van der Waals surface area contributed by atoms with Gasteiger partial charge in [0.25, 0.3) is 17.7 Å². The molecular weight excluding hydrogens is 1260 g/mol. The second-order valence-corrected chi connectivity index (χ2v) is 25.1. The van der Waals surface area contributed by atoms with Crippen LogP contribution in [0.4, 0.5) is 17.1 Å². The molecule has 9 amide bonds. The van der Waals surface area contributed by atoms with E-state index in [9.17, 15) is 43.2 Å². The standard InChI is InChI=1S/3C25H28N4O4/c3*30-23-9-8-22(24(31)27-23)29-16-20-19(25(29)32)2-1-3-21(20)26-14-17-4-6-18(7-5-17)15-28-10-12-33-13-11-28/h3*1-7,22,26H,8-16H2,(H,27,30,31)/t2*22-;/m10./s1/i3*14D2,22D. The highest BCUT2D eigenvalue weighted by Crippen LogP contribution is 2.36. The van der Waals surface area contributed by atoms with E-state index in [1.165, 1.54) is 0 Å². The number of carbonyl (C=O) groups is 9. The van der Waals surface area contributed by atoms with Gasteiger partial charge in [0.2, 0.25) is 35.4 Å². The largest absolute Gasteiger partial charge is 0.381 e. The second kappa shape index (κ2) is 31.4. The van der Waals surface area contributed by atoms with E-state index >= 15 is 0 Å². The van der Waals surface area contributed by atoms with Crippen LogP contribution in [0.3, 0.4) is 0 Å². The van der Waals surface area contributed by atoms with Gasteiger partial charge in [0.1, 0.15) is 18.1 Å². The van der Waals surface area contributed by atoms with Crippen molar-refractivity contribution in [2.75, 3.05) is 94.9 Å². The molecule has 0 bridgehead atoms. The van der Waals surface area contributed by atoms with Crippen LogP contribution in [0.25, 0.3) is 0 Å². The van der Waals surface area contributed by atoms with E-state index in [0.717, 1.165) is 130 Å². The normalized spacial score (nSPS) is 25.2. The van der Waals surface area contributed by atoms with Crippen molar-refractivity contribution in [2.24, 2.45) is 0 Å². The van der Waals surface area contributed by atoms with Gasteiger partial charge in [-0.1, -0.05) is 91.0 Å². The lowest BCUT2D eigenvalue weighted by Crippen LogP contribution is -2.52. The Bertz CT molecular complexity index is 4050. The Morgan fingerprint density at radius 2 is 0.616 bits per heavy atom. The number of fused-ring (bicyclic) bond motifs is 3. The number of piperidine rings is 3. The number of morpholine rings is 3. The Morgan fingerprint density at radius 1 is 0.364 bits per heavy atom. The minimum Gasteiger partial charge on any atom is -0.381 e. The van der Waals surface area contributed by atoms with Crippen molar-refractivity contribution in [2.45, 2.75) is 115 Å². The summed E-state index contributed by atoms with van der Waals surface area (Å²) in [6.45, 7) is 5.97. The first-order chi connectivity index (χ1) is 51.5. The summed E-state index contributed by atoms with van der Waals surface area (Å²) in [4.78, 5) is 122. The molecule has 15 rings (SSSR count). The fraction of sp³-hybridized carbons (Fsp3) is 0.400. The molecule has 9 heterocycles. The van der Waals surface area contributed by atoms with Gasteiger partial charge < -0.3 is 44.9 Å². The zero-order valence-electron chi connectivity index (χ0n) is 63.7. The Labute approximate surface area is 587 Å². The van der Waals surface area contributed by atoms with Crippen LogP contribution in [0.15, 0.2) is 127 Å². The summed E-state index contributed by atoms with van der Waals surface area (Å²) in [5.74, 6) is -5.29. The van der Waals surface area contributed by atoms with E-state index in [4.69, 9.17) is 26.5 Å². The third-order valence-corrected chi connectivity index (χ3v) is 18.6. The lowest BCUT2D eigenvalue weighted by molar-refractivity contribution is -0.138. The molecule has 0 radical (unpaired) electrons. The fourth-order valence-corrected chi connectivity index (χ4v) is 13.1. The van der Waals surface area contributed by atoms with Gasteiger partial charge >= 0.3 is 0 Å². The van der Waals surface area contributed by atoms with Gasteiger partial charge in [-0.05, 0) is 89.0 Å². The van der Waals surface area contributed by atoms with E-state index in [2.05, 4.69) is 46.6 Å². The van der Waals surface area contributed by atoms with Crippen molar-refractivity contribution in [3.63, 3.8) is 0 Å². The molecule has 9 aliphatic rings. The van der Waals surface area contributed by atoms with Crippen molar-refractivity contribution < 1.29 is 69.7 Å². The van der Waals surface area contributed by atoms with Crippen molar-refractivity contribution in [1.82, 2.24) is 45.3 Å². The van der Waals surface area contributed by atoms with Crippen molar-refractivity contribution in [1.29, 1.82) is 0 Å². The molecule has 0 spiro atoms. The van der Waals surface area contributed by atoms with Crippen molar-refractivity contribution in [3.05, 3.63) is 194 Å². The first-order valence-electron chi connectivity index (χ1n) is 37.9. The topological polar surface area (TPSA) is 273 Å². The Balaban J connectivity index is 0.000000143. The van der Waals surface area contributed by atoms with Gasteiger partial charge in [-0.15, -0.1) is 0 Å². The van der Waals surface area contributed by atoms with Crippen LogP contribution < -0.4 is 31.9 Å². The van der Waals surface area contributed by atoms with Gasteiger partial charge in [-0.3, -0.25) is 73.8 Å². The SMILES string of the molecule is [2H]C([2H])(Nc1cccc2c1CN(C1([2H])CCC(=O)NC1=O)C2=O)c1ccc(CN2CCOCC2)cc1.[2H]C([2H])(Nc1cccc2c1CN([C@@]1([2H])CCC(=O)NC1=O)C2=O)c1ccc(CN2CCOCC2)cc1.[2H]C([2H])(Nc1cccc2c1CN([C@]1([2H])CCC(=O)NC1=O)C2=O)c1ccc(CN2CCOCC2)cc1. The number of rotatable bonds is 18. The summed E-state index contributed by atoms with van der Waals surface area (Å²) in [5, 5.41) is 15.2. The average Bonchev–Trinajstić information content (AvgIpc) is 1.61. The maximum atomic E-state index is 13.1. The third kappa shape index (κ3) is 16.4. The molecule has 1 unspecified atom stereocenters. The highest BCUT2D eigenvalue weighted by molar-refractivity contribution is 6.08. The number of imide groups is 3. The van der Waals surface area contributed by atoms with E-state index < -0.39 is 90.7 Å². The van der Waals surface area contributed by atoms with Gasteiger partial charge in [-0.2, -0.15) is 0 Å². The third-order valence-electron chi connectivity index (χ3n) is 18.6. The number of nitrogens with zero attached hydrogens (tertiary/aromatic N) is 6. The smallest absolute Gasteiger partial charge is 0.255 e. The molecule has 9 aliphatic heterocycles. The molecule has 6 aromatic carbocycles. The number of amides is 9. The molecule has 24 heteroatoms. The van der Waals surface area contributed by atoms with Crippen LogP contribution >= 0.6 is 0 Å². The van der Waals surface area contributed by atoms with E-state index in [1.807, 2.05) is 36.4 Å². The summed E-state index contributed by atoms with van der Waals surface area (Å²) in [7, 11) is 0. The fourth-order valence-electron chi connectivity index (χ4n) is 13.1. The number of anilines is 3. The molecule has 0 aliphatic carbocycles. The number of carbonyl (C=O) groups excluding carboxylic acids is 9. The lowest BCUT2D eigenvalue weighted by Gasteiger charge is -2.29. The Hall–Kier alpha value is -9.69. The van der Waals surface area contributed by atoms with Crippen LogP contribution in [0, 0.1) is 0 Å². The summed E-state index contributed by atoms with van der Waals surface area (Å²) in [6.07, 6.45) is -0.326. The predicted molar refractivity (Wildman–Crippen MR) is 367 cm³/mol. The van der Waals surface area contributed by atoms with Crippen LogP contribution in [0.2, 0.25) is 0 Å². The Morgan fingerprint density at radius 3 is 0.869 bits per heavy atom. The molecule has 3 atom stereocenters. The van der Waals surface area contributed by atoms with E-state index in [0.29, 0.717) is 67.1 Å². The minimum absolute atomic E-state index is 0.0233. The molecule has 0 saturated carbocycles. The Kier molecular flexibility index (Phi) is 18.2. The summed E-state index contributed by atoms with van der Waals surface area (Å²) >= 11 is 0. The first kappa shape index (κ1) is 57.2. The summed E-state index contributed by atoms with van der Waals surface area (Å²) in [5.41, 5.74) is 8.33. The minimum atomic E-state index is -1.93. The first-order valence-corrected chi connectivity index (χ1v) is 33.4. The molecule has 6 saturated heterocycles. The maximum Gasteiger partial charge on any atom is 0.255 e. The van der Waals surface area contributed by atoms with E-state index in [-0.39, 0.29) is 58.2 Å². The predicted octanol–water partition coefficient (Wildman–Crippen LogP) is 5.68. The van der Waals surface area contributed by atoms with Crippen molar-refractivity contribution >= 4 is 70.2 Å². The van der Waals surface area contributed by atoms with Crippen LogP contribution in [0.1, 0.15) is 132 Å². The van der Waals surface area contributed by atoms with Gasteiger partial charge in [0.05, 0.1) is 52.0 Å². The molecular formula is C75H84N12O12. The van der Waals surface area contributed by atoms with Crippen LogP contribution in [-0.4, -0.2) is 180 Å². The van der Waals surface area contributed by atoms with Gasteiger partial charge in [0.15, 0.2) is 0 Å². The average molecular weight is 1350 g/mol. The molecule has 24 nitrogen and oxygen atoms in total. The lowest BCUT2D eigenvalue weighted by atomic mass is 10.0. The highest BCUT2D eigenvalue weighted by atomic mass is 16.5.